The Labute approximate surface area is 210 Å². The maximum Gasteiger partial charge on any atom is 0.336 e. The molecule has 1 aliphatic heterocycles. The normalized spacial score (nSPS) is 11.1. The lowest BCUT2D eigenvalue weighted by Crippen LogP contribution is -2.26. The molecule has 0 unspecified atom stereocenters. The van der Waals surface area contributed by atoms with Crippen LogP contribution in [-0.2, 0) is 11.2 Å². The molecule has 0 radical (unpaired) electrons. The standard InChI is InChI=1S/C27H24N2O8/c28-8-1-9-29-24(32)7-3-14-10-20-23(13-21(14)31)37-22-12-16(30)4-6-18(22)25(20)17-5-2-15(26(33)34)11-19(17)27(35)36/h2,4-6,10-13,31H,1,3,7-9,28H2,(H,29,32)(H,33,34)(H,35,36). The van der Waals surface area contributed by atoms with Crippen LogP contribution in [0, 0.1) is 0 Å². The van der Waals surface area contributed by atoms with E-state index in [1.807, 2.05) is 0 Å². The molecule has 2 aromatic rings. The highest BCUT2D eigenvalue weighted by molar-refractivity contribution is 6.08. The Kier molecular flexibility index (Phi) is 7.21. The zero-order chi connectivity index (χ0) is 26.7. The number of carbonyl (C=O) groups excluding carboxylic acids is 1. The van der Waals surface area contributed by atoms with Crippen molar-refractivity contribution in [3.05, 3.63) is 75.4 Å². The molecule has 1 aliphatic carbocycles. The van der Waals surface area contributed by atoms with Gasteiger partial charge in [0.15, 0.2) is 5.43 Å². The summed E-state index contributed by atoms with van der Waals surface area (Å²) in [5.41, 5.74) is 6.28. The fraction of sp³-hybridized carbons (Fsp3) is 0.185. The van der Waals surface area contributed by atoms with Crippen LogP contribution in [0.15, 0.2) is 57.7 Å². The second-order valence-electron chi connectivity index (χ2n) is 8.47. The molecule has 0 spiro atoms. The Morgan fingerprint density at radius 3 is 2.41 bits per heavy atom. The van der Waals surface area contributed by atoms with Gasteiger partial charge in [0.25, 0.3) is 0 Å². The first-order valence-corrected chi connectivity index (χ1v) is 11.5. The van der Waals surface area contributed by atoms with Crippen molar-refractivity contribution in [2.24, 2.45) is 5.73 Å². The van der Waals surface area contributed by atoms with E-state index in [-0.39, 0.29) is 58.0 Å². The lowest BCUT2D eigenvalue weighted by atomic mass is 9.89. The van der Waals surface area contributed by atoms with Gasteiger partial charge in [0.2, 0.25) is 5.91 Å². The number of aromatic hydroxyl groups is 1. The van der Waals surface area contributed by atoms with Crippen molar-refractivity contribution in [2.75, 3.05) is 13.1 Å². The Balaban J connectivity index is 1.92. The van der Waals surface area contributed by atoms with E-state index < -0.39 is 11.9 Å². The molecule has 2 aromatic carbocycles. The molecule has 37 heavy (non-hydrogen) atoms. The van der Waals surface area contributed by atoms with Gasteiger partial charge in [-0.2, -0.15) is 0 Å². The SMILES string of the molecule is NCCCNC(=O)CCc1cc2c(-c3ccc(C(=O)O)cc3C(=O)O)c3ccc(=O)cc-3oc2cc1O. The van der Waals surface area contributed by atoms with Gasteiger partial charge in [-0.3, -0.25) is 9.59 Å². The number of hydrogen-bond acceptors (Lipinski definition) is 7. The largest absolute Gasteiger partial charge is 0.508 e. The summed E-state index contributed by atoms with van der Waals surface area (Å²) in [7, 11) is 0. The summed E-state index contributed by atoms with van der Waals surface area (Å²) in [6.45, 7) is 0.894. The fourth-order valence-corrected chi connectivity index (χ4v) is 4.18. The molecule has 0 atom stereocenters. The predicted molar refractivity (Wildman–Crippen MR) is 135 cm³/mol. The molecule has 10 heteroatoms. The number of aryl methyl sites for hydroxylation is 1. The van der Waals surface area contributed by atoms with Crippen molar-refractivity contribution in [1.29, 1.82) is 0 Å². The van der Waals surface area contributed by atoms with Crippen molar-refractivity contribution in [2.45, 2.75) is 19.3 Å². The van der Waals surface area contributed by atoms with E-state index in [0.29, 0.717) is 41.6 Å². The van der Waals surface area contributed by atoms with Crippen LogP contribution < -0.4 is 16.5 Å². The van der Waals surface area contributed by atoms with E-state index in [1.165, 1.54) is 36.4 Å². The van der Waals surface area contributed by atoms with Crippen LogP contribution in [0.5, 0.6) is 5.75 Å². The van der Waals surface area contributed by atoms with Crippen molar-refractivity contribution in [3.63, 3.8) is 0 Å². The first-order valence-electron chi connectivity index (χ1n) is 11.5. The topological polar surface area (TPSA) is 180 Å². The third-order valence-electron chi connectivity index (χ3n) is 5.98. The van der Waals surface area contributed by atoms with Gasteiger partial charge in [-0.15, -0.1) is 0 Å². The summed E-state index contributed by atoms with van der Waals surface area (Å²) in [4.78, 5) is 47.8. The Bertz CT molecular complexity index is 1560. The summed E-state index contributed by atoms with van der Waals surface area (Å²) in [5, 5.41) is 33.1. The van der Waals surface area contributed by atoms with Gasteiger partial charge in [0.1, 0.15) is 17.1 Å². The van der Waals surface area contributed by atoms with Gasteiger partial charge < -0.3 is 30.8 Å². The van der Waals surface area contributed by atoms with Crippen molar-refractivity contribution >= 4 is 28.8 Å². The van der Waals surface area contributed by atoms with Crippen molar-refractivity contribution in [1.82, 2.24) is 5.32 Å². The maximum absolute atomic E-state index is 12.2. The van der Waals surface area contributed by atoms with Crippen LogP contribution >= 0.6 is 0 Å². The second-order valence-corrected chi connectivity index (χ2v) is 8.47. The highest BCUT2D eigenvalue weighted by Gasteiger charge is 2.24. The molecule has 10 nitrogen and oxygen atoms in total. The molecule has 0 bridgehead atoms. The number of phenolic OH excluding ortho intramolecular Hbond substituents is 1. The zero-order valence-electron chi connectivity index (χ0n) is 19.6. The van der Waals surface area contributed by atoms with E-state index in [1.54, 1.807) is 6.07 Å². The summed E-state index contributed by atoms with van der Waals surface area (Å²) in [6, 6.07) is 10.8. The molecule has 2 aliphatic rings. The van der Waals surface area contributed by atoms with Crippen molar-refractivity contribution in [3.8, 4) is 28.2 Å². The van der Waals surface area contributed by atoms with E-state index in [9.17, 15) is 34.5 Å². The molecule has 0 fully saturated rings. The Morgan fingerprint density at radius 1 is 0.946 bits per heavy atom. The predicted octanol–water partition coefficient (Wildman–Crippen LogP) is 3.06. The average Bonchev–Trinajstić information content (AvgIpc) is 2.85. The molecule has 4 rings (SSSR count). The fourth-order valence-electron chi connectivity index (χ4n) is 4.18. The molecule has 1 heterocycles. The molecular formula is C27H24N2O8. The van der Waals surface area contributed by atoms with Gasteiger partial charge in [0, 0.05) is 41.6 Å². The number of nitrogens with one attached hydrogen (secondary N) is 1. The number of phenols is 1. The number of carboxylic acid groups (broad SMARTS) is 2. The van der Waals surface area contributed by atoms with Crippen LogP contribution in [0.25, 0.3) is 33.4 Å². The number of hydrogen-bond donors (Lipinski definition) is 5. The number of carboxylic acids is 2. The van der Waals surface area contributed by atoms with E-state index in [0.717, 1.165) is 6.07 Å². The third kappa shape index (κ3) is 5.29. The summed E-state index contributed by atoms with van der Waals surface area (Å²) < 4.78 is 5.89. The second kappa shape index (κ2) is 10.5. The van der Waals surface area contributed by atoms with Crippen LogP contribution in [-0.4, -0.2) is 46.3 Å². The number of amides is 1. The summed E-state index contributed by atoms with van der Waals surface area (Å²) in [6.07, 6.45) is 0.927. The lowest BCUT2D eigenvalue weighted by Gasteiger charge is -2.18. The van der Waals surface area contributed by atoms with Crippen LogP contribution in [0.4, 0.5) is 0 Å². The molecule has 0 saturated carbocycles. The third-order valence-corrected chi connectivity index (χ3v) is 5.98. The molecule has 0 aromatic heterocycles. The number of fused-ring (bicyclic) bond motifs is 2. The van der Waals surface area contributed by atoms with Gasteiger partial charge in [-0.1, -0.05) is 6.07 Å². The minimum absolute atomic E-state index is 0.0942. The highest BCUT2D eigenvalue weighted by atomic mass is 16.4. The van der Waals surface area contributed by atoms with Gasteiger partial charge in [-0.05, 0) is 60.8 Å². The van der Waals surface area contributed by atoms with Gasteiger partial charge in [0.05, 0.1) is 11.1 Å². The number of rotatable bonds is 9. The highest BCUT2D eigenvalue weighted by Crippen LogP contribution is 2.43. The van der Waals surface area contributed by atoms with Crippen LogP contribution in [0.2, 0.25) is 0 Å². The first kappa shape index (κ1) is 25.4. The monoisotopic (exact) mass is 504 g/mol. The van der Waals surface area contributed by atoms with Crippen LogP contribution in [0.3, 0.4) is 0 Å². The van der Waals surface area contributed by atoms with Gasteiger partial charge in [-0.25, -0.2) is 9.59 Å². The van der Waals surface area contributed by atoms with Crippen molar-refractivity contribution < 1.29 is 34.1 Å². The smallest absolute Gasteiger partial charge is 0.336 e. The lowest BCUT2D eigenvalue weighted by molar-refractivity contribution is -0.121. The van der Waals surface area contributed by atoms with Gasteiger partial charge >= 0.3 is 11.9 Å². The van der Waals surface area contributed by atoms with E-state index >= 15 is 0 Å². The Hall–Kier alpha value is -4.70. The minimum Gasteiger partial charge on any atom is -0.508 e. The number of carbonyl (C=O) groups is 3. The number of benzene rings is 3. The Morgan fingerprint density at radius 2 is 1.70 bits per heavy atom. The average molecular weight is 504 g/mol. The quantitative estimate of drug-likeness (QED) is 0.169. The molecular weight excluding hydrogens is 480 g/mol. The zero-order valence-corrected chi connectivity index (χ0v) is 19.6. The van der Waals surface area contributed by atoms with E-state index in [4.69, 9.17) is 10.2 Å². The molecule has 1 amide bonds. The number of nitrogens with two attached hydrogens (primary N) is 1. The summed E-state index contributed by atoms with van der Waals surface area (Å²) in [5.74, 6) is -2.79. The van der Waals surface area contributed by atoms with E-state index in [2.05, 4.69) is 5.32 Å². The molecule has 0 saturated heterocycles. The summed E-state index contributed by atoms with van der Waals surface area (Å²) >= 11 is 0. The molecule has 6 N–H and O–H groups in total. The maximum atomic E-state index is 12.2. The number of aromatic carboxylic acids is 2. The van der Waals surface area contributed by atoms with Crippen LogP contribution in [0.1, 0.15) is 39.1 Å². The minimum atomic E-state index is -1.34. The first-order chi connectivity index (χ1) is 17.7. The molecule has 190 valence electrons.